The molecule has 0 saturated carbocycles. The van der Waals surface area contributed by atoms with Crippen molar-refractivity contribution in [3.05, 3.63) is 72.1 Å². The van der Waals surface area contributed by atoms with E-state index in [1.807, 2.05) is 0 Å². The first kappa shape index (κ1) is 28.8. The SMILES string of the molecule is c1ccc2c(CCN3CCOCCOCCN(CCc4c[nH]c5ccccc45)CCOCCOCC3)c[nH]c2c1. The number of para-hydroxylation sites is 2. The number of nitrogens with one attached hydrogen (secondary N) is 2. The molecule has 0 bridgehead atoms. The number of benzene rings is 2. The van der Waals surface area contributed by atoms with E-state index in [1.54, 1.807) is 0 Å². The van der Waals surface area contributed by atoms with Gasteiger partial charge in [-0.25, -0.2) is 0 Å². The fraction of sp³-hybridized carbons (Fsp3) is 0.500. The lowest BCUT2D eigenvalue weighted by molar-refractivity contribution is 0.00836. The standard InChI is InChI=1S/C32H44N4O4/c1-3-7-31-29(5-1)27(25-33-31)9-11-35-13-17-37-21-23-39-19-15-36(16-20-40-24-22-38-18-14-35)12-10-28-26-34-32-8-4-2-6-30(28)32/h1-8,25-26,33-34H,9-24H2. The minimum absolute atomic E-state index is 0.616. The monoisotopic (exact) mass is 548 g/mol. The van der Waals surface area contributed by atoms with Crippen molar-refractivity contribution in [1.82, 2.24) is 19.8 Å². The molecule has 3 heterocycles. The molecule has 0 unspecified atom stereocenters. The van der Waals surface area contributed by atoms with Gasteiger partial charge in [-0.05, 0) is 36.1 Å². The topological polar surface area (TPSA) is 75.0 Å². The second-order valence-electron chi connectivity index (χ2n) is 10.4. The number of hydrogen-bond donors (Lipinski definition) is 2. The molecule has 1 fully saturated rings. The Hall–Kier alpha value is -2.72. The molecule has 2 N–H and O–H groups in total. The Morgan fingerprint density at radius 3 is 1.27 bits per heavy atom. The first-order valence-electron chi connectivity index (χ1n) is 14.7. The van der Waals surface area contributed by atoms with Gasteiger partial charge in [-0.1, -0.05) is 36.4 Å². The lowest BCUT2D eigenvalue weighted by Crippen LogP contribution is -2.34. The van der Waals surface area contributed by atoms with Crippen LogP contribution in [0.15, 0.2) is 60.9 Å². The van der Waals surface area contributed by atoms with Crippen molar-refractivity contribution in [2.45, 2.75) is 12.8 Å². The minimum atomic E-state index is 0.616. The Morgan fingerprint density at radius 1 is 0.500 bits per heavy atom. The number of rotatable bonds is 6. The van der Waals surface area contributed by atoms with Crippen LogP contribution < -0.4 is 0 Å². The van der Waals surface area contributed by atoms with Crippen LogP contribution in [0.25, 0.3) is 21.8 Å². The van der Waals surface area contributed by atoms with E-state index in [0.29, 0.717) is 52.9 Å². The fourth-order valence-corrected chi connectivity index (χ4v) is 5.32. The summed E-state index contributed by atoms with van der Waals surface area (Å²) in [6, 6.07) is 17.0. The van der Waals surface area contributed by atoms with Crippen LogP contribution in [-0.4, -0.2) is 112 Å². The van der Waals surface area contributed by atoms with E-state index in [1.165, 1.54) is 32.9 Å². The van der Waals surface area contributed by atoms with Gasteiger partial charge in [-0.15, -0.1) is 0 Å². The van der Waals surface area contributed by atoms with Gasteiger partial charge >= 0.3 is 0 Å². The maximum absolute atomic E-state index is 5.93. The predicted molar refractivity (Wildman–Crippen MR) is 160 cm³/mol. The first-order valence-corrected chi connectivity index (χ1v) is 14.7. The third kappa shape index (κ3) is 8.64. The molecular formula is C32H44N4O4. The molecule has 40 heavy (non-hydrogen) atoms. The van der Waals surface area contributed by atoms with Crippen molar-refractivity contribution >= 4 is 21.8 Å². The van der Waals surface area contributed by atoms with Crippen molar-refractivity contribution in [3.63, 3.8) is 0 Å². The van der Waals surface area contributed by atoms with Crippen LogP contribution >= 0.6 is 0 Å². The van der Waals surface area contributed by atoms with E-state index >= 15 is 0 Å². The first-order chi connectivity index (χ1) is 19.9. The second kappa shape index (κ2) is 15.9. The molecule has 2 aromatic heterocycles. The molecule has 0 amide bonds. The highest BCUT2D eigenvalue weighted by molar-refractivity contribution is 5.83. The van der Waals surface area contributed by atoms with Gasteiger partial charge in [0.15, 0.2) is 0 Å². The zero-order valence-corrected chi connectivity index (χ0v) is 23.6. The molecule has 2 aromatic carbocycles. The molecule has 8 heteroatoms. The van der Waals surface area contributed by atoms with Gasteiger partial charge in [0.2, 0.25) is 0 Å². The molecular weight excluding hydrogens is 504 g/mol. The Morgan fingerprint density at radius 2 is 0.875 bits per heavy atom. The number of aromatic nitrogens is 2. The maximum atomic E-state index is 5.93. The number of fused-ring (bicyclic) bond motifs is 2. The van der Waals surface area contributed by atoms with Gasteiger partial charge in [0, 0.05) is 73.5 Å². The van der Waals surface area contributed by atoms with Crippen molar-refractivity contribution in [2.24, 2.45) is 0 Å². The van der Waals surface area contributed by atoms with Crippen LogP contribution in [-0.2, 0) is 31.8 Å². The Balaban J connectivity index is 1.06. The van der Waals surface area contributed by atoms with E-state index in [0.717, 1.165) is 52.1 Å². The highest BCUT2D eigenvalue weighted by atomic mass is 16.5. The normalized spacial score (nSPS) is 18.6. The maximum Gasteiger partial charge on any atom is 0.0701 e. The van der Waals surface area contributed by atoms with E-state index in [2.05, 4.69) is 80.7 Å². The van der Waals surface area contributed by atoms with Gasteiger partial charge in [0.25, 0.3) is 0 Å². The van der Waals surface area contributed by atoms with Crippen LogP contribution in [0.1, 0.15) is 11.1 Å². The highest BCUT2D eigenvalue weighted by Gasteiger charge is 2.11. The molecule has 0 atom stereocenters. The number of ether oxygens (including phenoxy) is 4. The molecule has 1 aliphatic heterocycles. The van der Waals surface area contributed by atoms with Crippen molar-refractivity contribution < 1.29 is 18.9 Å². The lowest BCUT2D eigenvalue weighted by atomic mass is 10.1. The van der Waals surface area contributed by atoms with E-state index in [-0.39, 0.29) is 0 Å². The molecule has 1 saturated heterocycles. The summed E-state index contributed by atoms with van der Waals surface area (Å²) in [6.45, 7) is 10.7. The summed E-state index contributed by atoms with van der Waals surface area (Å²) in [7, 11) is 0. The van der Waals surface area contributed by atoms with Crippen molar-refractivity contribution in [1.29, 1.82) is 0 Å². The molecule has 4 aromatic rings. The average Bonchev–Trinajstić information content (AvgIpc) is 3.60. The Kier molecular flexibility index (Phi) is 11.5. The number of aromatic amines is 2. The van der Waals surface area contributed by atoms with Crippen molar-refractivity contribution in [2.75, 3.05) is 92.1 Å². The third-order valence-corrected chi connectivity index (χ3v) is 7.70. The summed E-state index contributed by atoms with van der Waals surface area (Å²) in [5.74, 6) is 0. The molecule has 5 rings (SSSR count). The minimum Gasteiger partial charge on any atom is -0.378 e. The summed E-state index contributed by atoms with van der Waals surface area (Å²) in [5.41, 5.74) is 5.10. The fourth-order valence-electron chi connectivity index (χ4n) is 5.32. The third-order valence-electron chi connectivity index (χ3n) is 7.70. The van der Waals surface area contributed by atoms with Crippen LogP contribution in [0.4, 0.5) is 0 Å². The van der Waals surface area contributed by atoms with Crippen LogP contribution in [0.5, 0.6) is 0 Å². The summed E-state index contributed by atoms with van der Waals surface area (Å²) < 4.78 is 23.7. The summed E-state index contributed by atoms with van der Waals surface area (Å²) >= 11 is 0. The summed E-state index contributed by atoms with van der Waals surface area (Å²) in [4.78, 5) is 11.6. The van der Waals surface area contributed by atoms with Gasteiger partial charge in [0.1, 0.15) is 0 Å². The Bertz CT molecular complexity index is 1150. The van der Waals surface area contributed by atoms with Crippen molar-refractivity contribution in [3.8, 4) is 0 Å². The largest absolute Gasteiger partial charge is 0.378 e. The number of nitrogens with zero attached hydrogens (tertiary/aromatic N) is 2. The molecule has 0 aliphatic carbocycles. The average molecular weight is 549 g/mol. The second-order valence-corrected chi connectivity index (χ2v) is 10.4. The zero-order valence-electron chi connectivity index (χ0n) is 23.6. The van der Waals surface area contributed by atoms with E-state index < -0.39 is 0 Å². The molecule has 1 aliphatic rings. The highest BCUT2D eigenvalue weighted by Crippen LogP contribution is 2.19. The summed E-state index contributed by atoms with van der Waals surface area (Å²) in [5, 5.41) is 2.62. The van der Waals surface area contributed by atoms with Gasteiger partial charge in [-0.3, -0.25) is 9.80 Å². The molecule has 0 spiro atoms. The van der Waals surface area contributed by atoms with Gasteiger partial charge in [0.05, 0.1) is 52.9 Å². The smallest absolute Gasteiger partial charge is 0.0701 e. The van der Waals surface area contributed by atoms with Crippen LogP contribution in [0.3, 0.4) is 0 Å². The van der Waals surface area contributed by atoms with Gasteiger partial charge < -0.3 is 28.9 Å². The number of H-pyrrole nitrogens is 2. The predicted octanol–water partition coefficient (Wildman–Crippen LogP) is 4.12. The quantitative estimate of drug-likeness (QED) is 0.378. The van der Waals surface area contributed by atoms with Crippen LogP contribution in [0.2, 0.25) is 0 Å². The molecule has 0 radical (unpaired) electrons. The number of hydrogen-bond acceptors (Lipinski definition) is 6. The Labute approximate surface area is 237 Å². The summed E-state index contributed by atoms with van der Waals surface area (Å²) in [6.07, 6.45) is 6.26. The molecule has 216 valence electrons. The van der Waals surface area contributed by atoms with Crippen LogP contribution in [0, 0.1) is 0 Å². The van der Waals surface area contributed by atoms with E-state index in [4.69, 9.17) is 18.9 Å². The van der Waals surface area contributed by atoms with Gasteiger partial charge in [-0.2, -0.15) is 0 Å². The molecule has 8 nitrogen and oxygen atoms in total. The van der Waals surface area contributed by atoms with E-state index in [9.17, 15) is 0 Å². The lowest BCUT2D eigenvalue weighted by Gasteiger charge is -2.23. The zero-order chi connectivity index (χ0) is 27.2.